The van der Waals surface area contributed by atoms with Gasteiger partial charge in [0.15, 0.2) is 0 Å². The Morgan fingerprint density at radius 2 is 2.00 bits per heavy atom. The van der Waals surface area contributed by atoms with Gasteiger partial charge in [0.2, 0.25) is 11.7 Å². The van der Waals surface area contributed by atoms with Crippen LogP contribution in [0.25, 0.3) is 11.4 Å². The van der Waals surface area contributed by atoms with Crippen LogP contribution in [0, 0.1) is 0 Å². The monoisotopic (exact) mass is 371 g/mol. The van der Waals surface area contributed by atoms with E-state index in [9.17, 15) is 0 Å². The second-order valence-electron chi connectivity index (χ2n) is 5.97. The van der Waals surface area contributed by atoms with Crippen molar-refractivity contribution < 1.29 is 14.0 Å². The number of ether oxygens (including phenoxy) is 2. The largest absolute Gasteiger partial charge is 0.486 e. The molecule has 6 nitrogen and oxygen atoms in total. The van der Waals surface area contributed by atoms with E-state index in [-0.39, 0.29) is 6.10 Å². The van der Waals surface area contributed by atoms with Crippen LogP contribution in [0.1, 0.15) is 12.3 Å². The van der Waals surface area contributed by atoms with Crippen molar-refractivity contribution in [1.29, 1.82) is 0 Å². The molecule has 1 aliphatic heterocycles. The predicted molar refractivity (Wildman–Crippen MR) is 98.4 cm³/mol. The van der Waals surface area contributed by atoms with Crippen LogP contribution in [0.15, 0.2) is 53.1 Å². The summed E-state index contributed by atoms with van der Waals surface area (Å²) >= 11 is 5.90. The molecule has 1 aliphatic rings. The van der Waals surface area contributed by atoms with Crippen LogP contribution in [0.5, 0.6) is 5.75 Å². The number of hydrogen-bond donors (Lipinski definition) is 1. The first-order valence-electron chi connectivity index (χ1n) is 8.44. The molecule has 0 aliphatic carbocycles. The van der Waals surface area contributed by atoms with Crippen molar-refractivity contribution in [2.45, 2.75) is 19.1 Å². The van der Waals surface area contributed by atoms with Gasteiger partial charge in [-0.1, -0.05) is 28.9 Å². The van der Waals surface area contributed by atoms with Crippen LogP contribution < -0.4 is 10.1 Å². The van der Waals surface area contributed by atoms with Gasteiger partial charge < -0.3 is 19.3 Å². The fourth-order valence-electron chi connectivity index (χ4n) is 2.71. The molecular weight excluding hydrogens is 354 g/mol. The number of aromatic nitrogens is 2. The lowest BCUT2D eigenvalue weighted by atomic mass is 10.2. The van der Waals surface area contributed by atoms with E-state index >= 15 is 0 Å². The summed E-state index contributed by atoms with van der Waals surface area (Å²) in [6.07, 6.45) is 1.00. The van der Waals surface area contributed by atoms with Gasteiger partial charge in [-0.15, -0.1) is 0 Å². The lowest BCUT2D eigenvalue weighted by Crippen LogP contribution is -2.16. The molecule has 26 heavy (non-hydrogen) atoms. The van der Waals surface area contributed by atoms with Gasteiger partial charge in [-0.3, -0.25) is 0 Å². The van der Waals surface area contributed by atoms with Gasteiger partial charge in [-0.05, 0) is 36.4 Å². The molecule has 1 atom stereocenters. The first kappa shape index (κ1) is 16.9. The van der Waals surface area contributed by atoms with E-state index in [0.29, 0.717) is 29.9 Å². The standard InChI is InChI=1S/C19H18ClN3O3/c20-14-7-5-13(6-8-14)19-22-18(26-23-19)11-21-16-3-1-2-4-17(16)25-15-9-10-24-12-15/h1-8,15,21H,9-12H2. The number of halogens is 1. The van der Waals surface area contributed by atoms with E-state index < -0.39 is 0 Å². The molecule has 0 spiro atoms. The normalized spacial score (nSPS) is 16.6. The van der Waals surface area contributed by atoms with Gasteiger partial charge >= 0.3 is 0 Å². The van der Waals surface area contributed by atoms with E-state index in [2.05, 4.69) is 15.5 Å². The zero-order valence-corrected chi connectivity index (χ0v) is 14.8. The lowest BCUT2D eigenvalue weighted by molar-refractivity contribution is 0.142. The van der Waals surface area contributed by atoms with Crippen LogP contribution in [0.2, 0.25) is 5.02 Å². The number of nitrogens with one attached hydrogen (secondary N) is 1. The van der Waals surface area contributed by atoms with Gasteiger partial charge in [-0.2, -0.15) is 4.98 Å². The SMILES string of the molecule is Clc1ccc(-c2noc(CNc3ccccc3OC3CCOC3)n2)cc1. The zero-order chi connectivity index (χ0) is 17.8. The first-order chi connectivity index (χ1) is 12.8. The highest BCUT2D eigenvalue weighted by atomic mass is 35.5. The van der Waals surface area contributed by atoms with Gasteiger partial charge in [0.1, 0.15) is 11.9 Å². The molecule has 7 heteroatoms. The highest BCUT2D eigenvalue weighted by molar-refractivity contribution is 6.30. The van der Waals surface area contributed by atoms with Crippen LogP contribution in [-0.2, 0) is 11.3 Å². The van der Waals surface area contributed by atoms with Crippen molar-refractivity contribution in [3.8, 4) is 17.1 Å². The van der Waals surface area contributed by atoms with E-state index in [1.54, 1.807) is 12.1 Å². The van der Waals surface area contributed by atoms with Gasteiger partial charge in [0.05, 0.1) is 25.4 Å². The van der Waals surface area contributed by atoms with Crippen molar-refractivity contribution in [3.63, 3.8) is 0 Å². The Bertz CT molecular complexity index is 860. The molecule has 2 heterocycles. The first-order valence-corrected chi connectivity index (χ1v) is 8.81. The van der Waals surface area contributed by atoms with E-state index in [1.807, 2.05) is 36.4 Å². The minimum Gasteiger partial charge on any atom is -0.486 e. The number of hydrogen-bond acceptors (Lipinski definition) is 6. The maximum absolute atomic E-state index is 6.01. The Hall–Kier alpha value is -2.57. The number of nitrogens with zero attached hydrogens (tertiary/aromatic N) is 2. The van der Waals surface area contributed by atoms with Crippen LogP contribution >= 0.6 is 11.6 Å². The summed E-state index contributed by atoms with van der Waals surface area (Å²) < 4.78 is 16.7. The Morgan fingerprint density at radius 3 is 2.81 bits per heavy atom. The molecule has 0 amide bonds. The quantitative estimate of drug-likeness (QED) is 0.701. The minimum absolute atomic E-state index is 0.0952. The molecular formula is C19H18ClN3O3. The predicted octanol–water partition coefficient (Wildman–Crippen LogP) is 4.17. The van der Waals surface area contributed by atoms with Gasteiger partial charge in [0, 0.05) is 17.0 Å². The lowest BCUT2D eigenvalue weighted by Gasteiger charge is -2.15. The molecule has 3 aromatic rings. The second kappa shape index (κ2) is 7.76. The van der Waals surface area contributed by atoms with E-state index in [0.717, 1.165) is 30.0 Å². The highest BCUT2D eigenvalue weighted by Crippen LogP contribution is 2.27. The minimum atomic E-state index is 0.0952. The zero-order valence-electron chi connectivity index (χ0n) is 14.0. The maximum Gasteiger partial charge on any atom is 0.246 e. The average molecular weight is 372 g/mol. The van der Waals surface area contributed by atoms with Gasteiger partial charge in [0.25, 0.3) is 0 Å². The molecule has 0 saturated carbocycles. The number of anilines is 1. The van der Waals surface area contributed by atoms with Gasteiger partial charge in [-0.25, -0.2) is 0 Å². The molecule has 2 aromatic carbocycles. The smallest absolute Gasteiger partial charge is 0.246 e. The molecule has 1 aromatic heterocycles. The molecule has 1 unspecified atom stereocenters. The van der Waals surface area contributed by atoms with Crippen LogP contribution in [0.4, 0.5) is 5.69 Å². The average Bonchev–Trinajstić information content (AvgIpc) is 3.34. The van der Waals surface area contributed by atoms with Crippen molar-refractivity contribution in [1.82, 2.24) is 10.1 Å². The number of benzene rings is 2. The van der Waals surface area contributed by atoms with Crippen molar-refractivity contribution in [2.24, 2.45) is 0 Å². The number of rotatable bonds is 6. The summed E-state index contributed by atoms with van der Waals surface area (Å²) in [6, 6.07) is 15.1. The van der Waals surface area contributed by atoms with Crippen molar-refractivity contribution in [3.05, 3.63) is 59.4 Å². The van der Waals surface area contributed by atoms with E-state index in [1.165, 1.54) is 0 Å². The van der Waals surface area contributed by atoms with E-state index in [4.69, 9.17) is 25.6 Å². The number of para-hydroxylation sites is 2. The van der Waals surface area contributed by atoms with Crippen molar-refractivity contribution in [2.75, 3.05) is 18.5 Å². The summed E-state index contributed by atoms with van der Waals surface area (Å²) in [6.45, 7) is 1.78. The Kier molecular flexibility index (Phi) is 5.04. The Morgan fingerprint density at radius 1 is 1.15 bits per heavy atom. The fraction of sp³-hybridized carbons (Fsp3) is 0.263. The summed E-state index contributed by atoms with van der Waals surface area (Å²) in [7, 11) is 0. The summed E-state index contributed by atoms with van der Waals surface area (Å²) in [5.74, 6) is 1.82. The third-order valence-electron chi connectivity index (χ3n) is 4.07. The molecule has 134 valence electrons. The third-order valence-corrected chi connectivity index (χ3v) is 4.32. The Balaban J connectivity index is 1.42. The molecule has 0 bridgehead atoms. The van der Waals surface area contributed by atoms with Crippen LogP contribution in [-0.4, -0.2) is 29.5 Å². The Labute approximate surface area is 156 Å². The third kappa shape index (κ3) is 3.98. The van der Waals surface area contributed by atoms with Crippen molar-refractivity contribution >= 4 is 17.3 Å². The maximum atomic E-state index is 6.01. The second-order valence-corrected chi connectivity index (χ2v) is 6.41. The molecule has 1 saturated heterocycles. The summed E-state index contributed by atoms with van der Waals surface area (Å²) in [4.78, 5) is 4.41. The molecule has 0 radical (unpaired) electrons. The molecule has 1 fully saturated rings. The topological polar surface area (TPSA) is 69.4 Å². The molecule has 1 N–H and O–H groups in total. The fourth-order valence-corrected chi connectivity index (χ4v) is 2.84. The highest BCUT2D eigenvalue weighted by Gasteiger charge is 2.18. The molecule has 4 rings (SSSR count). The summed E-state index contributed by atoms with van der Waals surface area (Å²) in [5, 5.41) is 7.98. The van der Waals surface area contributed by atoms with Crippen LogP contribution in [0.3, 0.4) is 0 Å². The summed E-state index contributed by atoms with van der Waals surface area (Å²) in [5.41, 5.74) is 1.74.